The summed E-state index contributed by atoms with van der Waals surface area (Å²) in [6.07, 6.45) is 0. The van der Waals surface area contributed by atoms with Crippen molar-refractivity contribution in [2.24, 2.45) is 5.92 Å². The SMILES string of the molecule is O=S([O-])OCC1CNC1. The summed E-state index contributed by atoms with van der Waals surface area (Å²) < 4.78 is 23.9. The van der Waals surface area contributed by atoms with Crippen LogP contribution in [0.1, 0.15) is 0 Å². The zero-order chi connectivity index (χ0) is 6.69. The fourth-order valence-corrected chi connectivity index (χ4v) is 0.922. The molecule has 1 rings (SSSR count). The van der Waals surface area contributed by atoms with Crippen molar-refractivity contribution >= 4 is 11.4 Å². The van der Waals surface area contributed by atoms with E-state index in [1.54, 1.807) is 0 Å². The van der Waals surface area contributed by atoms with Crippen LogP contribution in [0.4, 0.5) is 0 Å². The molecule has 0 radical (unpaired) electrons. The van der Waals surface area contributed by atoms with E-state index in [-0.39, 0.29) is 0 Å². The molecular weight excluding hydrogens is 142 g/mol. The third-order valence-corrected chi connectivity index (χ3v) is 1.59. The molecule has 54 valence electrons. The van der Waals surface area contributed by atoms with Gasteiger partial charge in [0.1, 0.15) is 0 Å². The molecule has 0 aromatic heterocycles. The van der Waals surface area contributed by atoms with Gasteiger partial charge in [-0.1, -0.05) is 0 Å². The summed E-state index contributed by atoms with van der Waals surface area (Å²) in [6, 6.07) is 0. The third kappa shape index (κ3) is 2.40. The van der Waals surface area contributed by atoms with Crippen LogP contribution in [0.15, 0.2) is 0 Å². The number of hydrogen-bond acceptors (Lipinski definition) is 4. The Balaban J connectivity index is 1.97. The second-order valence-electron chi connectivity index (χ2n) is 2.01. The first-order valence-corrected chi connectivity index (χ1v) is 3.72. The van der Waals surface area contributed by atoms with Gasteiger partial charge in [-0.15, -0.1) is 0 Å². The van der Waals surface area contributed by atoms with Crippen molar-refractivity contribution in [1.29, 1.82) is 0 Å². The van der Waals surface area contributed by atoms with Crippen LogP contribution in [-0.2, 0) is 15.5 Å². The summed E-state index contributed by atoms with van der Waals surface area (Å²) in [5.74, 6) is 0.392. The number of rotatable bonds is 3. The Labute approximate surface area is 56.1 Å². The second-order valence-corrected chi connectivity index (χ2v) is 2.66. The maximum absolute atomic E-state index is 9.80. The average molecular weight is 150 g/mol. The van der Waals surface area contributed by atoms with Gasteiger partial charge in [0.15, 0.2) is 0 Å². The standard InChI is InChI=1S/C4H9NO3S/c6-9(7)8-3-4-1-5-2-4/h4-5H,1-3H2,(H,6,7)/p-1. The lowest BCUT2D eigenvalue weighted by atomic mass is 10.1. The Kier molecular flexibility index (Phi) is 2.59. The Morgan fingerprint density at radius 1 is 1.78 bits per heavy atom. The molecule has 1 aliphatic heterocycles. The van der Waals surface area contributed by atoms with E-state index in [1.165, 1.54) is 0 Å². The molecule has 1 N–H and O–H groups in total. The van der Waals surface area contributed by atoms with Crippen LogP contribution < -0.4 is 5.32 Å². The first-order valence-electron chi connectivity index (χ1n) is 2.72. The summed E-state index contributed by atoms with van der Waals surface area (Å²) in [5.41, 5.74) is 0. The molecule has 1 fully saturated rings. The minimum Gasteiger partial charge on any atom is -0.750 e. The van der Waals surface area contributed by atoms with Crippen LogP contribution in [0, 0.1) is 5.92 Å². The molecule has 1 heterocycles. The molecular formula is C4H8NO3S-. The smallest absolute Gasteiger partial charge is 0.0842 e. The van der Waals surface area contributed by atoms with E-state index in [0.717, 1.165) is 13.1 Å². The molecule has 0 amide bonds. The summed E-state index contributed by atoms with van der Waals surface area (Å²) in [5, 5.41) is 3.00. The van der Waals surface area contributed by atoms with Crippen LogP contribution in [0.5, 0.6) is 0 Å². The summed E-state index contributed by atoms with van der Waals surface area (Å²) in [7, 11) is 0. The molecule has 0 spiro atoms. The van der Waals surface area contributed by atoms with Crippen LogP contribution >= 0.6 is 0 Å². The molecule has 1 saturated heterocycles. The van der Waals surface area contributed by atoms with Gasteiger partial charge in [0.2, 0.25) is 0 Å². The first kappa shape index (κ1) is 7.14. The van der Waals surface area contributed by atoms with Gasteiger partial charge in [0.05, 0.1) is 18.0 Å². The van der Waals surface area contributed by atoms with Crippen molar-refractivity contribution in [2.45, 2.75) is 0 Å². The normalized spacial score (nSPS) is 23.2. The van der Waals surface area contributed by atoms with Gasteiger partial charge >= 0.3 is 0 Å². The van der Waals surface area contributed by atoms with E-state index in [4.69, 9.17) is 0 Å². The zero-order valence-corrected chi connectivity index (χ0v) is 5.65. The quantitative estimate of drug-likeness (QED) is 0.525. The van der Waals surface area contributed by atoms with Crippen molar-refractivity contribution in [1.82, 2.24) is 5.32 Å². The van der Waals surface area contributed by atoms with Crippen molar-refractivity contribution < 1.29 is 12.9 Å². The molecule has 4 nitrogen and oxygen atoms in total. The Morgan fingerprint density at radius 2 is 2.44 bits per heavy atom. The predicted molar refractivity (Wildman–Crippen MR) is 31.2 cm³/mol. The van der Waals surface area contributed by atoms with Gasteiger partial charge < -0.3 is 14.1 Å². The molecule has 5 heteroatoms. The van der Waals surface area contributed by atoms with Gasteiger partial charge in [-0.2, -0.15) is 0 Å². The molecule has 0 bridgehead atoms. The minimum absolute atomic E-state index is 0.323. The highest BCUT2D eigenvalue weighted by atomic mass is 32.2. The highest BCUT2D eigenvalue weighted by Gasteiger charge is 2.16. The van der Waals surface area contributed by atoms with Crippen LogP contribution in [0.25, 0.3) is 0 Å². The Morgan fingerprint density at radius 3 is 2.78 bits per heavy atom. The molecule has 1 unspecified atom stereocenters. The molecule has 0 aromatic carbocycles. The van der Waals surface area contributed by atoms with E-state index in [9.17, 15) is 8.76 Å². The predicted octanol–water partition coefficient (Wildman–Crippen LogP) is -0.984. The maximum atomic E-state index is 9.80. The molecule has 9 heavy (non-hydrogen) atoms. The van der Waals surface area contributed by atoms with E-state index in [0.29, 0.717) is 12.5 Å². The second kappa shape index (κ2) is 3.26. The highest BCUT2D eigenvalue weighted by Crippen LogP contribution is 2.02. The summed E-state index contributed by atoms with van der Waals surface area (Å²) in [6.45, 7) is 2.07. The van der Waals surface area contributed by atoms with Crippen molar-refractivity contribution in [3.63, 3.8) is 0 Å². The average Bonchev–Trinajstić information content (AvgIpc) is 1.60. The van der Waals surface area contributed by atoms with Gasteiger partial charge in [0.25, 0.3) is 0 Å². The molecule has 1 atom stereocenters. The topological polar surface area (TPSA) is 61.4 Å². The minimum atomic E-state index is -2.33. The molecule has 1 aliphatic rings. The van der Waals surface area contributed by atoms with Crippen molar-refractivity contribution in [2.75, 3.05) is 19.7 Å². The van der Waals surface area contributed by atoms with E-state index in [1.807, 2.05) is 0 Å². The molecule has 0 aliphatic carbocycles. The summed E-state index contributed by atoms with van der Waals surface area (Å²) >= 11 is -2.33. The lowest BCUT2D eigenvalue weighted by Crippen LogP contribution is -2.44. The van der Waals surface area contributed by atoms with E-state index in [2.05, 4.69) is 9.50 Å². The Bertz CT molecular complexity index is 114. The third-order valence-electron chi connectivity index (χ3n) is 1.27. The van der Waals surface area contributed by atoms with Gasteiger partial charge in [-0.05, 0) is 0 Å². The van der Waals surface area contributed by atoms with Gasteiger partial charge in [-0.3, -0.25) is 0 Å². The summed E-state index contributed by atoms with van der Waals surface area (Å²) in [4.78, 5) is 0. The lowest BCUT2D eigenvalue weighted by molar-refractivity contribution is 0.198. The number of nitrogens with one attached hydrogen (secondary N) is 1. The van der Waals surface area contributed by atoms with E-state index >= 15 is 0 Å². The zero-order valence-electron chi connectivity index (χ0n) is 4.83. The Hall–Kier alpha value is 0.0300. The fourth-order valence-electron chi connectivity index (χ4n) is 0.618. The molecule has 0 saturated carbocycles. The maximum Gasteiger partial charge on any atom is 0.0842 e. The van der Waals surface area contributed by atoms with Gasteiger partial charge in [-0.25, -0.2) is 4.21 Å². The lowest BCUT2D eigenvalue weighted by Gasteiger charge is -2.26. The number of hydrogen-bond donors (Lipinski definition) is 1. The van der Waals surface area contributed by atoms with Gasteiger partial charge in [0, 0.05) is 19.0 Å². The van der Waals surface area contributed by atoms with Crippen molar-refractivity contribution in [3.05, 3.63) is 0 Å². The van der Waals surface area contributed by atoms with Crippen LogP contribution in [0.2, 0.25) is 0 Å². The molecule has 0 aromatic rings. The fraction of sp³-hybridized carbons (Fsp3) is 1.00. The van der Waals surface area contributed by atoms with Crippen LogP contribution in [-0.4, -0.2) is 28.5 Å². The van der Waals surface area contributed by atoms with Crippen LogP contribution in [0.3, 0.4) is 0 Å². The van der Waals surface area contributed by atoms with Crippen molar-refractivity contribution in [3.8, 4) is 0 Å². The first-order chi connectivity index (χ1) is 4.29. The largest absolute Gasteiger partial charge is 0.750 e. The monoisotopic (exact) mass is 150 g/mol. The highest BCUT2D eigenvalue weighted by molar-refractivity contribution is 7.74. The van der Waals surface area contributed by atoms with E-state index < -0.39 is 11.4 Å².